The molecule has 0 atom stereocenters. The molecule has 1 fully saturated rings. The zero-order chi connectivity index (χ0) is 22.2. The fourth-order valence-electron chi connectivity index (χ4n) is 4.42. The van der Waals surface area contributed by atoms with Crippen LogP contribution in [-0.2, 0) is 4.74 Å². The summed E-state index contributed by atoms with van der Waals surface area (Å²) < 4.78 is 16.9. The quantitative estimate of drug-likeness (QED) is 0.441. The second-order valence-corrected chi connectivity index (χ2v) is 8.37. The third kappa shape index (κ3) is 3.89. The lowest BCUT2D eigenvalue weighted by Gasteiger charge is -2.36. The molecule has 7 nitrogen and oxygen atoms in total. The SMILES string of the molecule is COCCN1CCN(c2ccc3cc(-c4cc5cc(C)nc(C)c5o4)c(=O)oc3c2)CC1. The molecule has 0 radical (unpaired) electrons. The smallest absolute Gasteiger partial charge is 0.347 e. The summed E-state index contributed by atoms with van der Waals surface area (Å²) in [7, 11) is 1.73. The Morgan fingerprint density at radius 1 is 1.00 bits per heavy atom. The molecule has 0 unspecified atom stereocenters. The predicted octanol–water partition coefficient (Wildman–Crippen LogP) is 3.99. The number of pyridine rings is 1. The van der Waals surface area contributed by atoms with Crippen molar-refractivity contribution in [3.05, 3.63) is 58.2 Å². The molecular weight excluding hydrogens is 406 g/mol. The van der Waals surface area contributed by atoms with Crippen LogP contribution >= 0.6 is 0 Å². The van der Waals surface area contributed by atoms with Crippen molar-refractivity contribution >= 4 is 27.6 Å². The van der Waals surface area contributed by atoms with Crippen LogP contribution in [0, 0.1) is 13.8 Å². The van der Waals surface area contributed by atoms with E-state index in [1.165, 1.54) is 0 Å². The molecule has 0 N–H and O–H groups in total. The van der Waals surface area contributed by atoms with Crippen molar-refractivity contribution in [2.24, 2.45) is 0 Å². The highest BCUT2D eigenvalue weighted by Crippen LogP contribution is 2.30. The van der Waals surface area contributed by atoms with Gasteiger partial charge in [-0.15, -0.1) is 0 Å². The number of aryl methyl sites for hydroxylation is 2. The number of nitrogens with zero attached hydrogens (tertiary/aromatic N) is 3. The summed E-state index contributed by atoms with van der Waals surface area (Å²) in [5, 5.41) is 1.80. The van der Waals surface area contributed by atoms with Gasteiger partial charge in [0.15, 0.2) is 5.58 Å². The standard InChI is InChI=1S/C25H27N3O4/c1-16-12-19-14-23(31-24(19)17(2)26-16)21-13-18-4-5-20(15-22(18)32-25(21)29)28-8-6-27(7-9-28)10-11-30-3/h4-5,12-15H,6-11H2,1-3H3. The number of hydrogen-bond donors (Lipinski definition) is 0. The molecule has 1 aliphatic rings. The highest BCUT2D eigenvalue weighted by Gasteiger charge is 2.19. The third-order valence-corrected chi connectivity index (χ3v) is 6.13. The van der Waals surface area contributed by atoms with E-state index in [0.29, 0.717) is 22.5 Å². The van der Waals surface area contributed by atoms with Gasteiger partial charge in [-0.1, -0.05) is 0 Å². The van der Waals surface area contributed by atoms with Gasteiger partial charge >= 0.3 is 5.63 Å². The summed E-state index contributed by atoms with van der Waals surface area (Å²) in [6, 6.07) is 11.7. The second-order valence-electron chi connectivity index (χ2n) is 8.37. The average molecular weight is 434 g/mol. The summed E-state index contributed by atoms with van der Waals surface area (Å²) in [5.41, 5.74) is 4.10. The van der Waals surface area contributed by atoms with E-state index < -0.39 is 5.63 Å². The lowest BCUT2D eigenvalue weighted by Crippen LogP contribution is -2.47. The number of benzene rings is 1. The molecule has 7 heteroatoms. The number of hydrogen-bond acceptors (Lipinski definition) is 7. The normalized spacial score (nSPS) is 15.2. The minimum atomic E-state index is -0.402. The molecule has 166 valence electrons. The maximum absolute atomic E-state index is 12.8. The van der Waals surface area contributed by atoms with Crippen molar-refractivity contribution < 1.29 is 13.6 Å². The molecule has 0 amide bonds. The molecule has 32 heavy (non-hydrogen) atoms. The Kier molecular flexibility index (Phi) is 5.45. The van der Waals surface area contributed by atoms with Crippen LogP contribution in [0.4, 0.5) is 5.69 Å². The van der Waals surface area contributed by atoms with Gasteiger partial charge in [-0.3, -0.25) is 9.88 Å². The Balaban J connectivity index is 1.43. The number of fused-ring (bicyclic) bond motifs is 2. The molecule has 0 spiro atoms. The average Bonchev–Trinajstić information content (AvgIpc) is 3.21. The van der Waals surface area contributed by atoms with Gasteiger partial charge < -0.3 is 18.5 Å². The summed E-state index contributed by atoms with van der Waals surface area (Å²) in [6.45, 7) is 9.41. The minimum Gasteiger partial charge on any atom is -0.454 e. The number of anilines is 1. The van der Waals surface area contributed by atoms with E-state index in [1.54, 1.807) is 7.11 Å². The maximum Gasteiger partial charge on any atom is 0.347 e. The Bertz CT molecular complexity index is 1330. The number of furan rings is 1. The van der Waals surface area contributed by atoms with Crippen LogP contribution in [0.15, 0.2) is 50.0 Å². The fraction of sp³-hybridized carbons (Fsp3) is 0.360. The van der Waals surface area contributed by atoms with Gasteiger partial charge in [0.25, 0.3) is 0 Å². The lowest BCUT2D eigenvalue weighted by molar-refractivity contribution is 0.144. The van der Waals surface area contributed by atoms with Crippen molar-refractivity contribution in [1.29, 1.82) is 0 Å². The van der Waals surface area contributed by atoms with E-state index in [1.807, 2.05) is 44.2 Å². The first-order chi connectivity index (χ1) is 15.5. The third-order valence-electron chi connectivity index (χ3n) is 6.13. The number of methoxy groups -OCH3 is 1. The summed E-state index contributed by atoms with van der Waals surface area (Å²) in [4.78, 5) is 22.0. The molecule has 1 aromatic carbocycles. The fourth-order valence-corrected chi connectivity index (χ4v) is 4.42. The van der Waals surface area contributed by atoms with Crippen LogP contribution in [0.25, 0.3) is 33.3 Å². The zero-order valence-electron chi connectivity index (χ0n) is 18.7. The molecule has 3 aromatic heterocycles. The van der Waals surface area contributed by atoms with E-state index in [0.717, 1.165) is 67.2 Å². The van der Waals surface area contributed by atoms with Gasteiger partial charge in [-0.2, -0.15) is 0 Å². The van der Waals surface area contributed by atoms with Crippen LogP contribution in [0.5, 0.6) is 0 Å². The van der Waals surface area contributed by atoms with Gasteiger partial charge in [0.05, 0.1) is 12.3 Å². The van der Waals surface area contributed by atoms with Gasteiger partial charge in [0.2, 0.25) is 0 Å². The zero-order valence-corrected chi connectivity index (χ0v) is 18.7. The van der Waals surface area contributed by atoms with Gasteiger partial charge in [-0.05, 0) is 44.2 Å². The Labute approximate surface area is 186 Å². The number of ether oxygens (including phenoxy) is 1. The molecule has 5 rings (SSSR count). The van der Waals surface area contributed by atoms with Crippen LogP contribution in [0.3, 0.4) is 0 Å². The van der Waals surface area contributed by atoms with Crippen molar-refractivity contribution in [2.75, 3.05) is 51.3 Å². The van der Waals surface area contributed by atoms with Crippen molar-refractivity contribution in [3.8, 4) is 11.3 Å². The van der Waals surface area contributed by atoms with Crippen molar-refractivity contribution in [2.45, 2.75) is 13.8 Å². The van der Waals surface area contributed by atoms with E-state index in [-0.39, 0.29) is 0 Å². The number of piperazine rings is 1. The van der Waals surface area contributed by atoms with Gasteiger partial charge in [0, 0.05) is 68.1 Å². The highest BCUT2D eigenvalue weighted by molar-refractivity contribution is 5.88. The predicted molar refractivity (Wildman–Crippen MR) is 125 cm³/mol. The summed E-state index contributed by atoms with van der Waals surface area (Å²) >= 11 is 0. The number of rotatable bonds is 5. The molecule has 0 saturated carbocycles. The molecule has 0 aliphatic carbocycles. The first kappa shape index (κ1) is 20.7. The molecule has 0 bridgehead atoms. The monoisotopic (exact) mass is 433 g/mol. The van der Waals surface area contributed by atoms with Crippen LogP contribution in [-0.4, -0.2) is 56.3 Å². The molecular formula is C25H27N3O4. The maximum atomic E-state index is 12.8. The van der Waals surface area contributed by atoms with Crippen LogP contribution < -0.4 is 10.5 Å². The number of aromatic nitrogens is 1. The minimum absolute atomic E-state index is 0.402. The molecule has 4 heterocycles. The van der Waals surface area contributed by atoms with E-state index in [2.05, 4.69) is 20.9 Å². The molecule has 4 aromatic rings. The van der Waals surface area contributed by atoms with E-state index in [4.69, 9.17) is 13.6 Å². The Morgan fingerprint density at radius 3 is 2.59 bits per heavy atom. The first-order valence-corrected chi connectivity index (χ1v) is 10.9. The second kappa shape index (κ2) is 8.41. The molecule has 1 aliphatic heterocycles. The topological polar surface area (TPSA) is 72.0 Å². The van der Waals surface area contributed by atoms with Crippen molar-refractivity contribution in [1.82, 2.24) is 9.88 Å². The largest absolute Gasteiger partial charge is 0.454 e. The summed E-state index contributed by atoms with van der Waals surface area (Å²) in [5.74, 6) is 0.502. The lowest BCUT2D eigenvalue weighted by atomic mass is 10.1. The Morgan fingerprint density at radius 2 is 1.81 bits per heavy atom. The van der Waals surface area contributed by atoms with Crippen LogP contribution in [0.2, 0.25) is 0 Å². The van der Waals surface area contributed by atoms with Crippen LogP contribution in [0.1, 0.15) is 11.4 Å². The first-order valence-electron chi connectivity index (χ1n) is 10.9. The summed E-state index contributed by atoms with van der Waals surface area (Å²) in [6.07, 6.45) is 0. The highest BCUT2D eigenvalue weighted by atomic mass is 16.5. The van der Waals surface area contributed by atoms with Gasteiger partial charge in [-0.25, -0.2) is 4.79 Å². The Hall–Kier alpha value is -3.16. The van der Waals surface area contributed by atoms with E-state index in [9.17, 15) is 4.79 Å². The van der Waals surface area contributed by atoms with E-state index >= 15 is 0 Å². The van der Waals surface area contributed by atoms with Gasteiger partial charge in [0.1, 0.15) is 16.9 Å². The van der Waals surface area contributed by atoms with Crippen molar-refractivity contribution in [3.63, 3.8) is 0 Å². The molecule has 1 saturated heterocycles.